The number of anilines is 2. The molecular formula is C25H20Cl2N4O2. The molecule has 2 fully saturated rings. The number of nitriles is 1. The van der Waals surface area contributed by atoms with Gasteiger partial charge in [-0.25, -0.2) is 4.79 Å². The molecule has 2 aliphatic rings. The van der Waals surface area contributed by atoms with Crippen molar-refractivity contribution in [2.45, 2.75) is 11.3 Å². The Morgan fingerprint density at radius 2 is 1.45 bits per heavy atom. The monoisotopic (exact) mass is 478 g/mol. The Morgan fingerprint density at radius 1 is 0.909 bits per heavy atom. The molecule has 2 saturated heterocycles. The molecule has 0 radical (unpaired) electrons. The molecule has 1 unspecified atom stereocenters. The number of amides is 2. The molecule has 5 rings (SSSR count). The zero-order valence-corrected chi connectivity index (χ0v) is 19.3. The lowest BCUT2D eigenvalue weighted by Gasteiger charge is -2.56. The molecule has 166 valence electrons. The van der Waals surface area contributed by atoms with Gasteiger partial charge in [0.1, 0.15) is 5.54 Å². The lowest BCUT2D eigenvalue weighted by atomic mass is 9.74. The second-order valence-electron chi connectivity index (χ2n) is 8.47. The third-order valence-electron chi connectivity index (χ3n) is 6.41. The minimum absolute atomic E-state index is 0.377. The Morgan fingerprint density at radius 3 is 1.97 bits per heavy atom. The van der Waals surface area contributed by atoms with Gasteiger partial charge in [-0.15, -0.1) is 0 Å². The van der Waals surface area contributed by atoms with Crippen LogP contribution in [0.5, 0.6) is 0 Å². The maximum Gasteiger partial charge on any atom is 0.332 e. The predicted molar refractivity (Wildman–Crippen MR) is 129 cm³/mol. The first-order valence-electron chi connectivity index (χ1n) is 10.4. The van der Waals surface area contributed by atoms with Crippen LogP contribution in [0.3, 0.4) is 0 Å². The van der Waals surface area contributed by atoms with Crippen molar-refractivity contribution in [2.24, 2.45) is 0 Å². The average Bonchev–Trinajstić information content (AvgIpc) is 3.00. The molecule has 1 atom stereocenters. The van der Waals surface area contributed by atoms with Gasteiger partial charge in [-0.2, -0.15) is 5.26 Å². The molecule has 8 heteroatoms. The number of benzene rings is 3. The Hall–Kier alpha value is -3.08. The molecule has 1 N–H and O–H groups in total. The number of likely N-dealkylation sites (N-methyl/N-ethyl adjacent to an activating group) is 1. The molecule has 0 bridgehead atoms. The number of carbonyl (C=O) groups is 1. The SMILES string of the molecule is CN1CC2(C1)N(c1ccc(Cl)cc1)C(=O)N(c1ccc(Cl)cc1)C2(O)c1cccc(C#N)c1. The van der Waals surface area contributed by atoms with Crippen LogP contribution >= 0.6 is 23.2 Å². The second kappa shape index (κ2) is 7.75. The van der Waals surface area contributed by atoms with Crippen molar-refractivity contribution in [1.82, 2.24) is 4.90 Å². The second-order valence-corrected chi connectivity index (χ2v) is 9.35. The Kier molecular flexibility index (Phi) is 5.11. The summed E-state index contributed by atoms with van der Waals surface area (Å²) in [5.74, 6) is 0. The van der Waals surface area contributed by atoms with E-state index in [2.05, 4.69) is 6.07 Å². The van der Waals surface area contributed by atoms with E-state index in [1.807, 2.05) is 11.9 Å². The van der Waals surface area contributed by atoms with E-state index >= 15 is 0 Å². The maximum absolute atomic E-state index is 14.1. The fourth-order valence-corrected chi connectivity index (χ4v) is 5.28. The number of likely N-dealkylation sites (tertiary alicyclic amines) is 1. The zero-order valence-electron chi connectivity index (χ0n) is 17.7. The fourth-order valence-electron chi connectivity index (χ4n) is 5.03. The van der Waals surface area contributed by atoms with Crippen LogP contribution in [0.2, 0.25) is 10.0 Å². The van der Waals surface area contributed by atoms with Crippen molar-refractivity contribution in [1.29, 1.82) is 5.26 Å². The molecule has 2 aliphatic heterocycles. The van der Waals surface area contributed by atoms with Gasteiger partial charge in [0, 0.05) is 40.1 Å². The highest BCUT2D eigenvalue weighted by atomic mass is 35.5. The Bertz CT molecular complexity index is 1270. The molecule has 1 spiro atoms. The van der Waals surface area contributed by atoms with Crippen LogP contribution in [0.1, 0.15) is 11.1 Å². The first kappa shape index (κ1) is 21.7. The lowest BCUT2D eigenvalue weighted by Crippen LogP contribution is -2.76. The summed E-state index contributed by atoms with van der Waals surface area (Å²) in [6.07, 6.45) is 0. The van der Waals surface area contributed by atoms with Crippen LogP contribution in [0.15, 0.2) is 72.8 Å². The highest BCUT2D eigenvalue weighted by molar-refractivity contribution is 6.31. The molecule has 6 nitrogen and oxygen atoms in total. The van der Waals surface area contributed by atoms with Gasteiger partial charge in [0.15, 0.2) is 5.72 Å². The van der Waals surface area contributed by atoms with Crippen LogP contribution in [0.4, 0.5) is 16.2 Å². The Labute approximate surface area is 201 Å². The topological polar surface area (TPSA) is 70.8 Å². The number of carbonyl (C=O) groups excluding carboxylic acids is 1. The van der Waals surface area contributed by atoms with Crippen LogP contribution in [0, 0.1) is 11.3 Å². The quantitative estimate of drug-likeness (QED) is 0.584. The number of urea groups is 1. The summed E-state index contributed by atoms with van der Waals surface area (Å²) in [5, 5.41) is 23.1. The number of rotatable bonds is 3. The van der Waals surface area contributed by atoms with E-state index in [9.17, 15) is 15.2 Å². The van der Waals surface area contributed by atoms with E-state index in [4.69, 9.17) is 23.2 Å². The minimum Gasteiger partial charge on any atom is -0.364 e. The fraction of sp³-hybridized carbons (Fsp3) is 0.200. The highest BCUT2D eigenvalue weighted by Gasteiger charge is 2.72. The van der Waals surface area contributed by atoms with E-state index in [1.54, 1.807) is 77.7 Å². The molecule has 0 aromatic heterocycles. The number of aliphatic hydroxyl groups is 1. The summed E-state index contributed by atoms with van der Waals surface area (Å²) >= 11 is 12.2. The maximum atomic E-state index is 14.1. The third-order valence-corrected chi connectivity index (χ3v) is 6.91. The molecule has 33 heavy (non-hydrogen) atoms. The zero-order chi connectivity index (χ0) is 23.4. The Balaban J connectivity index is 1.78. The highest BCUT2D eigenvalue weighted by Crippen LogP contribution is 2.54. The van der Waals surface area contributed by atoms with Gasteiger partial charge in [0.2, 0.25) is 0 Å². The molecule has 0 saturated carbocycles. The lowest BCUT2D eigenvalue weighted by molar-refractivity contribution is -0.0830. The van der Waals surface area contributed by atoms with Gasteiger partial charge >= 0.3 is 6.03 Å². The third kappa shape index (κ3) is 3.12. The van der Waals surface area contributed by atoms with E-state index in [-0.39, 0.29) is 6.03 Å². The van der Waals surface area contributed by atoms with Crippen LogP contribution in [-0.4, -0.2) is 41.7 Å². The van der Waals surface area contributed by atoms with Crippen molar-refractivity contribution in [3.63, 3.8) is 0 Å². The van der Waals surface area contributed by atoms with E-state index in [0.717, 1.165) is 0 Å². The first-order chi connectivity index (χ1) is 15.8. The molecule has 2 heterocycles. The summed E-state index contributed by atoms with van der Waals surface area (Å²) in [6.45, 7) is 0.859. The van der Waals surface area contributed by atoms with Gasteiger partial charge in [-0.1, -0.05) is 35.3 Å². The van der Waals surface area contributed by atoms with E-state index in [1.165, 1.54) is 4.90 Å². The summed E-state index contributed by atoms with van der Waals surface area (Å²) in [6, 6.07) is 22.3. The van der Waals surface area contributed by atoms with E-state index in [0.29, 0.717) is 45.6 Å². The van der Waals surface area contributed by atoms with Gasteiger partial charge in [0.25, 0.3) is 0 Å². The van der Waals surface area contributed by atoms with Gasteiger partial charge in [0.05, 0.1) is 11.6 Å². The van der Waals surface area contributed by atoms with Gasteiger partial charge < -0.3 is 10.0 Å². The number of hydrogen-bond donors (Lipinski definition) is 1. The van der Waals surface area contributed by atoms with Crippen molar-refractivity contribution >= 4 is 40.6 Å². The summed E-state index contributed by atoms with van der Waals surface area (Å²) in [7, 11) is 1.94. The molecule has 3 aromatic rings. The van der Waals surface area contributed by atoms with Crippen molar-refractivity contribution in [3.05, 3.63) is 94.0 Å². The molecule has 0 aliphatic carbocycles. The molecule has 3 aromatic carbocycles. The number of nitrogens with zero attached hydrogens (tertiary/aromatic N) is 4. The van der Waals surface area contributed by atoms with Crippen molar-refractivity contribution in [3.8, 4) is 6.07 Å². The van der Waals surface area contributed by atoms with Gasteiger partial charge in [-0.3, -0.25) is 9.80 Å². The van der Waals surface area contributed by atoms with Crippen molar-refractivity contribution in [2.75, 3.05) is 29.9 Å². The summed E-state index contributed by atoms with van der Waals surface area (Å²) in [5.41, 5.74) is -0.757. The smallest absolute Gasteiger partial charge is 0.332 e. The minimum atomic E-state index is -1.75. The average molecular weight is 479 g/mol. The molecule has 2 amide bonds. The number of hydrogen-bond acceptors (Lipinski definition) is 4. The molecular weight excluding hydrogens is 459 g/mol. The standard InChI is InChI=1S/C25H20Cl2N4O2/c1-29-15-24(16-29)25(33,18-4-2-3-17(13-18)14-28)31(22-11-7-20(27)8-12-22)23(32)30(24)21-9-5-19(26)6-10-21/h2-13,33H,15-16H2,1H3. The van der Waals surface area contributed by atoms with Crippen LogP contribution < -0.4 is 9.80 Å². The summed E-state index contributed by atoms with van der Waals surface area (Å²) in [4.78, 5) is 19.2. The normalized spacial score (nSPS) is 21.8. The number of halogens is 2. The predicted octanol–water partition coefficient (Wildman–Crippen LogP) is 4.84. The summed E-state index contributed by atoms with van der Waals surface area (Å²) < 4.78 is 0. The largest absolute Gasteiger partial charge is 0.364 e. The van der Waals surface area contributed by atoms with E-state index < -0.39 is 11.3 Å². The van der Waals surface area contributed by atoms with Crippen LogP contribution in [0.25, 0.3) is 0 Å². The van der Waals surface area contributed by atoms with Crippen molar-refractivity contribution < 1.29 is 9.90 Å². The van der Waals surface area contributed by atoms with Gasteiger partial charge in [-0.05, 0) is 67.7 Å². The van der Waals surface area contributed by atoms with Crippen LogP contribution in [-0.2, 0) is 5.72 Å². The first-order valence-corrected chi connectivity index (χ1v) is 11.1.